The summed E-state index contributed by atoms with van der Waals surface area (Å²) < 4.78 is 0. The van der Waals surface area contributed by atoms with Gasteiger partial charge >= 0.3 is 0 Å². The van der Waals surface area contributed by atoms with Crippen molar-refractivity contribution in [1.29, 1.82) is 0 Å². The second kappa shape index (κ2) is 7.20. The van der Waals surface area contributed by atoms with Crippen molar-refractivity contribution in [3.8, 4) is 0 Å². The first kappa shape index (κ1) is 16.1. The number of carbonyl (C=O) groups is 1. The first-order valence-electron chi connectivity index (χ1n) is 7.98. The number of carbonyl (C=O) groups excluding carboxylic acids is 1. The van der Waals surface area contributed by atoms with Crippen molar-refractivity contribution in [3.63, 3.8) is 0 Å². The molecular weight excluding hydrogens is 304 g/mol. The minimum Gasteiger partial charge on any atom is -0.348 e. The molecule has 0 aliphatic carbocycles. The summed E-state index contributed by atoms with van der Waals surface area (Å²) in [6.45, 7) is 6.76. The van der Waals surface area contributed by atoms with Crippen LogP contribution in [-0.4, -0.2) is 11.2 Å². The SMILES string of the molecule is CC(C)Sc1ccc(C(=O)NCc2ccc3c(c2)CNC3)cc1. The van der Waals surface area contributed by atoms with Crippen LogP contribution in [-0.2, 0) is 19.6 Å². The molecule has 2 N–H and O–H groups in total. The summed E-state index contributed by atoms with van der Waals surface area (Å²) in [6, 6.07) is 14.2. The lowest BCUT2D eigenvalue weighted by Gasteiger charge is -2.08. The molecule has 120 valence electrons. The number of hydrogen-bond donors (Lipinski definition) is 2. The summed E-state index contributed by atoms with van der Waals surface area (Å²) in [5.74, 6) is -0.0234. The van der Waals surface area contributed by atoms with Crippen LogP contribution in [0.25, 0.3) is 0 Å². The molecule has 1 amide bonds. The van der Waals surface area contributed by atoms with E-state index in [-0.39, 0.29) is 5.91 Å². The number of thioether (sulfide) groups is 1. The third-order valence-electron chi connectivity index (χ3n) is 3.84. The Morgan fingerprint density at radius 2 is 1.87 bits per heavy atom. The Kier molecular flexibility index (Phi) is 5.03. The molecule has 0 radical (unpaired) electrons. The van der Waals surface area contributed by atoms with Crippen LogP contribution in [0.15, 0.2) is 47.4 Å². The molecule has 3 rings (SSSR count). The highest BCUT2D eigenvalue weighted by Gasteiger charge is 2.11. The van der Waals surface area contributed by atoms with E-state index in [0.717, 1.165) is 18.7 Å². The van der Waals surface area contributed by atoms with E-state index in [4.69, 9.17) is 0 Å². The molecule has 0 aromatic heterocycles. The van der Waals surface area contributed by atoms with Gasteiger partial charge in [-0.25, -0.2) is 0 Å². The molecule has 2 aromatic rings. The molecule has 1 aliphatic rings. The van der Waals surface area contributed by atoms with Crippen molar-refractivity contribution in [2.75, 3.05) is 0 Å². The van der Waals surface area contributed by atoms with Crippen LogP contribution >= 0.6 is 11.8 Å². The van der Waals surface area contributed by atoms with E-state index in [1.54, 1.807) is 11.8 Å². The third-order valence-corrected chi connectivity index (χ3v) is 4.86. The van der Waals surface area contributed by atoms with Crippen LogP contribution in [0.4, 0.5) is 0 Å². The molecule has 0 saturated heterocycles. The molecular formula is C19H22N2OS. The second-order valence-corrected chi connectivity index (χ2v) is 7.73. The van der Waals surface area contributed by atoms with Crippen LogP contribution in [0.3, 0.4) is 0 Å². The first-order chi connectivity index (χ1) is 11.1. The lowest BCUT2D eigenvalue weighted by molar-refractivity contribution is 0.0951. The molecule has 3 nitrogen and oxygen atoms in total. The number of hydrogen-bond acceptors (Lipinski definition) is 3. The van der Waals surface area contributed by atoms with Gasteiger partial charge in [0.05, 0.1) is 0 Å². The molecule has 0 spiro atoms. The van der Waals surface area contributed by atoms with E-state index in [2.05, 4.69) is 42.7 Å². The minimum absolute atomic E-state index is 0.0234. The zero-order valence-electron chi connectivity index (χ0n) is 13.6. The number of benzene rings is 2. The Hall–Kier alpha value is -1.78. The predicted molar refractivity (Wildman–Crippen MR) is 95.6 cm³/mol. The smallest absolute Gasteiger partial charge is 0.251 e. The lowest BCUT2D eigenvalue weighted by Crippen LogP contribution is -2.22. The highest BCUT2D eigenvalue weighted by Crippen LogP contribution is 2.23. The maximum atomic E-state index is 12.3. The standard InChI is InChI=1S/C19H22N2OS/c1-13(2)23-18-7-5-15(6-8-18)19(22)21-10-14-3-4-16-11-20-12-17(16)9-14/h3-9,13,20H,10-12H2,1-2H3,(H,21,22). The third kappa shape index (κ3) is 4.15. The maximum Gasteiger partial charge on any atom is 0.251 e. The van der Waals surface area contributed by atoms with Crippen molar-refractivity contribution < 1.29 is 4.79 Å². The summed E-state index contributed by atoms with van der Waals surface area (Å²) in [6.07, 6.45) is 0. The van der Waals surface area contributed by atoms with Crippen LogP contribution in [0.1, 0.15) is 40.9 Å². The second-order valence-electron chi connectivity index (χ2n) is 6.08. The van der Waals surface area contributed by atoms with Crippen molar-refractivity contribution in [2.24, 2.45) is 0 Å². The fourth-order valence-corrected chi connectivity index (χ4v) is 3.54. The quantitative estimate of drug-likeness (QED) is 0.823. The fraction of sp³-hybridized carbons (Fsp3) is 0.316. The zero-order chi connectivity index (χ0) is 16.2. The number of amides is 1. The van der Waals surface area contributed by atoms with Gasteiger partial charge in [-0.05, 0) is 41.0 Å². The average Bonchev–Trinajstić information content (AvgIpc) is 3.00. The molecule has 0 bridgehead atoms. The Balaban J connectivity index is 1.58. The summed E-state index contributed by atoms with van der Waals surface area (Å²) in [4.78, 5) is 13.5. The Labute approximate surface area is 141 Å². The van der Waals surface area contributed by atoms with Gasteiger partial charge in [-0.1, -0.05) is 32.0 Å². The summed E-state index contributed by atoms with van der Waals surface area (Å²) >= 11 is 1.80. The molecule has 1 aliphatic heterocycles. The highest BCUT2D eigenvalue weighted by molar-refractivity contribution is 7.99. The largest absolute Gasteiger partial charge is 0.348 e. The molecule has 4 heteroatoms. The molecule has 0 atom stereocenters. The van der Waals surface area contributed by atoms with Crippen LogP contribution in [0.5, 0.6) is 0 Å². The van der Waals surface area contributed by atoms with Gasteiger partial charge in [-0.15, -0.1) is 11.8 Å². The Bertz CT molecular complexity index is 695. The van der Waals surface area contributed by atoms with E-state index >= 15 is 0 Å². The molecule has 0 unspecified atom stereocenters. The molecule has 1 heterocycles. The molecule has 23 heavy (non-hydrogen) atoms. The van der Waals surface area contributed by atoms with E-state index in [1.165, 1.54) is 16.0 Å². The van der Waals surface area contributed by atoms with Gasteiger partial charge in [0.1, 0.15) is 0 Å². The first-order valence-corrected chi connectivity index (χ1v) is 8.86. The van der Waals surface area contributed by atoms with Gasteiger partial charge < -0.3 is 10.6 Å². The lowest BCUT2D eigenvalue weighted by atomic mass is 10.1. The van der Waals surface area contributed by atoms with E-state index < -0.39 is 0 Å². The van der Waals surface area contributed by atoms with Gasteiger partial charge in [0.25, 0.3) is 5.91 Å². The monoisotopic (exact) mass is 326 g/mol. The minimum atomic E-state index is -0.0234. The number of nitrogens with one attached hydrogen (secondary N) is 2. The highest BCUT2D eigenvalue weighted by atomic mass is 32.2. The predicted octanol–water partition coefficient (Wildman–Crippen LogP) is 3.72. The normalized spacial score (nSPS) is 13.2. The van der Waals surface area contributed by atoms with E-state index in [9.17, 15) is 4.79 Å². The number of rotatable bonds is 5. The van der Waals surface area contributed by atoms with Crippen LogP contribution in [0.2, 0.25) is 0 Å². The fourth-order valence-electron chi connectivity index (χ4n) is 2.70. The molecule has 2 aromatic carbocycles. The zero-order valence-corrected chi connectivity index (χ0v) is 14.4. The van der Waals surface area contributed by atoms with Gasteiger partial charge in [-0.2, -0.15) is 0 Å². The van der Waals surface area contributed by atoms with E-state index in [0.29, 0.717) is 17.4 Å². The maximum absolute atomic E-state index is 12.3. The van der Waals surface area contributed by atoms with Gasteiger partial charge in [-0.3, -0.25) is 4.79 Å². The summed E-state index contributed by atoms with van der Waals surface area (Å²) in [7, 11) is 0. The topological polar surface area (TPSA) is 41.1 Å². The molecule has 0 fully saturated rings. The van der Waals surface area contributed by atoms with Gasteiger partial charge in [0.2, 0.25) is 0 Å². The number of fused-ring (bicyclic) bond motifs is 1. The summed E-state index contributed by atoms with van der Waals surface area (Å²) in [5.41, 5.74) is 4.55. The average molecular weight is 326 g/mol. The van der Waals surface area contributed by atoms with Crippen LogP contribution < -0.4 is 10.6 Å². The van der Waals surface area contributed by atoms with Crippen molar-refractivity contribution in [1.82, 2.24) is 10.6 Å². The van der Waals surface area contributed by atoms with Crippen LogP contribution in [0, 0.1) is 0 Å². The van der Waals surface area contributed by atoms with Crippen molar-refractivity contribution in [3.05, 3.63) is 64.7 Å². The summed E-state index contributed by atoms with van der Waals surface area (Å²) in [5, 5.41) is 6.88. The Morgan fingerprint density at radius 1 is 1.13 bits per heavy atom. The van der Waals surface area contributed by atoms with Crippen molar-refractivity contribution in [2.45, 2.75) is 43.6 Å². The van der Waals surface area contributed by atoms with Gasteiger partial charge in [0.15, 0.2) is 0 Å². The van der Waals surface area contributed by atoms with E-state index in [1.807, 2.05) is 24.3 Å². The Morgan fingerprint density at radius 3 is 2.61 bits per heavy atom. The molecule has 0 saturated carbocycles. The van der Waals surface area contributed by atoms with Crippen molar-refractivity contribution >= 4 is 17.7 Å². The van der Waals surface area contributed by atoms with Gasteiger partial charge in [0, 0.05) is 35.3 Å².